The van der Waals surface area contributed by atoms with Crippen molar-refractivity contribution in [2.45, 2.75) is 11.8 Å². The zero-order valence-corrected chi connectivity index (χ0v) is 16.0. The van der Waals surface area contributed by atoms with E-state index in [0.29, 0.717) is 48.3 Å². The number of rotatable bonds is 5. The molecule has 5 nitrogen and oxygen atoms in total. The Morgan fingerprint density at radius 2 is 1.69 bits per heavy atom. The summed E-state index contributed by atoms with van der Waals surface area (Å²) in [6.45, 7) is 4.27. The first kappa shape index (κ1) is 18.7. The number of anilines is 1. The highest BCUT2D eigenvalue weighted by Crippen LogP contribution is 2.34. The van der Waals surface area contributed by atoms with Gasteiger partial charge in [0.05, 0.1) is 24.8 Å². The highest BCUT2D eigenvalue weighted by molar-refractivity contribution is 7.82. The molecule has 0 N–H and O–H groups in total. The minimum absolute atomic E-state index is 0.227. The van der Waals surface area contributed by atoms with Gasteiger partial charge in [-0.3, -0.25) is 0 Å². The van der Waals surface area contributed by atoms with Gasteiger partial charge in [0.25, 0.3) is 0 Å². The summed E-state index contributed by atoms with van der Waals surface area (Å²) in [5.41, 5.74) is 1.42. The predicted molar refractivity (Wildman–Crippen MR) is 101 cm³/mol. The average molecular weight is 378 g/mol. The molecule has 1 aliphatic rings. The van der Waals surface area contributed by atoms with Crippen molar-refractivity contribution in [1.29, 1.82) is 0 Å². The van der Waals surface area contributed by atoms with Crippen LogP contribution in [0.3, 0.4) is 0 Å². The molecule has 140 valence electrons. The Balaban J connectivity index is 1.75. The van der Waals surface area contributed by atoms with E-state index in [2.05, 4.69) is 0 Å². The van der Waals surface area contributed by atoms with Crippen molar-refractivity contribution in [2.75, 3.05) is 45.3 Å². The second kappa shape index (κ2) is 8.05. The zero-order chi connectivity index (χ0) is 18.7. The second-order valence-electron chi connectivity index (χ2n) is 6.04. The van der Waals surface area contributed by atoms with Crippen LogP contribution in [0.15, 0.2) is 41.3 Å². The van der Waals surface area contributed by atoms with Gasteiger partial charge in [-0.2, -0.15) is 0 Å². The van der Waals surface area contributed by atoms with E-state index in [4.69, 9.17) is 9.47 Å². The number of piperazine rings is 1. The Labute approximate surface area is 155 Å². The van der Waals surface area contributed by atoms with Crippen molar-refractivity contribution in [3.8, 4) is 11.5 Å². The normalized spacial score (nSPS) is 16.4. The maximum atomic E-state index is 14.0. The largest absolute Gasteiger partial charge is 0.496 e. The minimum Gasteiger partial charge on any atom is -0.496 e. The fourth-order valence-electron chi connectivity index (χ4n) is 3.20. The predicted octanol–water partition coefficient (Wildman–Crippen LogP) is 3.00. The first-order chi connectivity index (χ1) is 12.6. The molecule has 1 heterocycles. The average Bonchev–Trinajstić information content (AvgIpc) is 2.67. The van der Waals surface area contributed by atoms with E-state index in [0.717, 1.165) is 5.56 Å². The van der Waals surface area contributed by atoms with Gasteiger partial charge in [-0.15, -0.1) is 0 Å². The molecule has 0 spiro atoms. The number of hydrogen-bond donors (Lipinski definition) is 0. The lowest BCUT2D eigenvalue weighted by Gasteiger charge is -2.35. The Morgan fingerprint density at radius 1 is 1.00 bits per heavy atom. The molecule has 0 saturated carbocycles. The summed E-state index contributed by atoms with van der Waals surface area (Å²) >= 11 is 0. The fraction of sp³-hybridized carbons (Fsp3) is 0.368. The number of nitrogens with zero attached hydrogens (tertiary/aromatic N) is 2. The summed E-state index contributed by atoms with van der Waals surface area (Å²) in [5.74, 6) is 1.06. The second-order valence-corrected chi connectivity index (χ2v) is 7.50. The molecule has 0 bridgehead atoms. The van der Waals surface area contributed by atoms with E-state index in [1.165, 1.54) is 6.07 Å². The number of halogens is 1. The lowest BCUT2D eigenvalue weighted by molar-refractivity contribution is 0.376. The van der Waals surface area contributed by atoms with Gasteiger partial charge < -0.3 is 14.4 Å². The fourth-order valence-corrected chi connectivity index (χ4v) is 4.56. The van der Waals surface area contributed by atoms with Crippen molar-refractivity contribution in [2.24, 2.45) is 0 Å². The van der Waals surface area contributed by atoms with E-state index < -0.39 is 11.0 Å². The first-order valence-electron chi connectivity index (χ1n) is 8.44. The highest BCUT2D eigenvalue weighted by atomic mass is 32.2. The smallest absolute Gasteiger partial charge is 0.146 e. The van der Waals surface area contributed by atoms with Crippen molar-refractivity contribution >= 4 is 16.7 Å². The molecule has 26 heavy (non-hydrogen) atoms. The topological polar surface area (TPSA) is 42.0 Å². The van der Waals surface area contributed by atoms with Crippen LogP contribution >= 0.6 is 0 Å². The molecule has 1 fully saturated rings. The Kier molecular flexibility index (Phi) is 5.78. The van der Waals surface area contributed by atoms with E-state index in [1.54, 1.807) is 38.5 Å². The van der Waals surface area contributed by atoms with Crippen LogP contribution in [0.1, 0.15) is 5.56 Å². The monoisotopic (exact) mass is 378 g/mol. The first-order valence-corrected chi connectivity index (χ1v) is 9.55. The molecule has 3 rings (SSSR count). The van der Waals surface area contributed by atoms with Gasteiger partial charge in [0.1, 0.15) is 28.3 Å². The molecule has 0 unspecified atom stereocenters. The number of para-hydroxylation sites is 1. The summed E-state index contributed by atoms with van der Waals surface area (Å²) in [7, 11) is 1.82. The zero-order valence-electron chi connectivity index (χ0n) is 15.2. The van der Waals surface area contributed by atoms with E-state index >= 15 is 0 Å². The summed E-state index contributed by atoms with van der Waals surface area (Å²) < 4.78 is 39.7. The van der Waals surface area contributed by atoms with Gasteiger partial charge in [-0.25, -0.2) is 12.9 Å². The molecule has 0 aliphatic carbocycles. The van der Waals surface area contributed by atoms with Crippen LogP contribution in [-0.2, 0) is 11.0 Å². The molecule has 1 atom stereocenters. The summed E-state index contributed by atoms with van der Waals surface area (Å²) in [6.07, 6.45) is 0. The summed E-state index contributed by atoms with van der Waals surface area (Å²) in [4.78, 5) is 2.62. The molecule has 0 amide bonds. The molecule has 7 heteroatoms. The third-order valence-corrected chi connectivity index (χ3v) is 6.13. The van der Waals surface area contributed by atoms with Crippen molar-refractivity contribution in [3.63, 3.8) is 0 Å². The van der Waals surface area contributed by atoms with Crippen molar-refractivity contribution < 1.29 is 18.1 Å². The quantitative estimate of drug-likeness (QED) is 0.802. The minimum atomic E-state index is -1.35. The van der Waals surface area contributed by atoms with Gasteiger partial charge in [0.15, 0.2) is 0 Å². The van der Waals surface area contributed by atoms with E-state index in [-0.39, 0.29) is 5.82 Å². The standard InChI is InChI=1S/C19H23FN2O3S/c1-14-17(24-2)8-9-18(19(14)25-3)26(23)22-12-10-21(11-13-22)16-7-5-4-6-15(16)20/h4-9H,10-13H2,1-3H3/t26-/m0/s1. The lowest BCUT2D eigenvalue weighted by Crippen LogP contribution is -2.47. The maximum Gasteiger partial charge on any atom is 0.146 e. The van der Waals surface area contributed by atoms with Gasteiger partial charge in [0, 0.05) is 31.7 Å². The number of benzene rings is 2. The van der Waals surface area contributed by atoms with Crippen LogP contribution in [0.5, 0.6) is 11.5 Å². The van der Waals surface area contributed by atoms with Gasteiger partial charge in [0.2, 0.25) is 0 Å². The van der Waals surface area contributed by atoms with Gasteiger partial charge in [-0.05, 0) is 31.2 Å². The number of methoxy groups -OCH3 is 2. The van der Waals surface area contributed by atoms with Crippen LogP contribution in [0, 0.1) is 12.7 Å². The summed E-state index contributed by atoms with van der Waals surface area (Å²) in [5, 5.41) is 0. The van der Waals surface area contributed by atoms with Crippen molar-refractivity contribution in [1.82, 2.24) is 4.31 Å². The van der Waals surface area contributed by atoms with Gasteiger partial charge >= 0.3 is 0 Å². The molecule has 0 aromatic heterocycles. The van der Waals surface area contributed by atoms with Gasteiger partial charge in [-0.1, -0.05) is 12.1 Å². The Hall–Kier alpha value is -2.12. The van der Waals surface area contributed by atoms with Crippen LogP contribution < -0.4 is 14.4 Å². The Bertz CT molecular complexity index is 807. The molecular formula is C19H23FN2O3S. The molecular weight excluding hydrogens is 355 g/mol. The maximum absolute atomic E-state index is 14.0. The van der Waals surface area contributed by atoms with Crippen LogP contribution in [-0.4, -0.2) is 48.9 Å². The van der Waals surface area contributed by atoms with Crippen molar-refractivity contribution in [3.05, 3.63) is 47.8 Å². The van der Waals surface area contributed by atoms with Crippen LogP contribution in [0.25, 0.3) is 0 Å². The third-order valence-electron chi connectivity index (χ3n) is 4.60. The number of hydrogen-bond acceptors (Lipinski definition) is 4. The van der Waals surface area contributed by atoms with E-state index in [1.807, 2.05) is 22.2 Å². The SMILES string of the molecule is COc1ccc([S@](=O)N2CCN(c3ccccc3F)CC2)c(OC)c1C. The third kappa shape index (κ3) is 3.54. The molecule has 2 aromatic carbocycles. The highest BCUT2D eigenvalue weighted by Gasteiger charge is 2.26. The van der Waals surface area contributed by atoms with Crippen LogP contribution in [0.4, 0.5) is 10.1 Å². The van der Waals surface area contributed by atoms with Crippen LogP contribution in [0.2, 0.25) is 0 Å². The van der Waals surface area contributed by atoms with E-state index in [9.17, 15) is 8.60 Å². The molecule has 2 aromatic rings. The molecule has 0 radical (unpaired) electrons. The summed E-state index contributed by atoms with van der Waals surface area (Å²) in [6, 6.07) is 10.3. The molecule has 1 saturated heterocycles. The number of ether oxygens (including phenoxy) is 2. The molecule has 1 aliphatic heterocycles. The Morgan fingerprint density at radius 3 is 2.31 bits per heavy atom. The lowest BCUT2D eigenvalue weighted by atomic mass is 10.2.